The number of Topliss-reactive ketones (excluding diaryl/α,β-unsaturated/α-hetero) is 1. The summed E-state index contributed by atoms with van der Waals surface area (Å²) in [6, 6.07) is 2.00. The molecule has 2 unspecified atom stereocenters. The van der Waals surface area contributed by atoms with E-state index in [1.54, 1.807) is 12.4 Å². The first-order valence-electron chi connectivity index (χ1n) is 6.00. The van der Waals surface area contributed by atoms with E-state index >= 15 is 0 Å². The maximum atomic E-state index is 12.4. The minimum Gasteiger partial charge on any atom is -0.379 e. The fourth-order valence-corrected chi connectivity index (χ4v) is 2.20. The average molecular weight is 234 g/mol. The van der Waals surface area contributed by atoms with Crippen molar-refractivity contribution in [3.8, 4) is 0 Å². The first-order valence-corrected chi connectivity index (χ1v) is 6.00. The van der Waals surface area contributed by atoms with Gasteiger partial charge in [0.1, 0.15) is 0 Å². The summed E-state index contributed by atoms with van der Waals surface area (Å²) in [4.78, 5) is 16.4. The van der Waals surface area contributed by atoms with E-state index in [0.29, 0.717) is 18.8 Å². The van der Waals surface area contributed by atoms with E-state index in [0.717, 1.165) is 12.1 Å². The van der Waals surface area contributed by atoms with Crippen molar-refractivity contribution in [3.05, 3.63) is 29.6 Å². The molecule has 0 spiro atoms. The number of ether oxygens (including phenoxy) is 1. The van der Waals surface area contributed by atoms with Gasteiger partial charge in [0, 0.05) is 24.0 Å². The number of hydrogen-bond acceptors (Lipinski definition) is 4. The van der Waals surface area contributed by atoms with Crippen LogP contribution in [0.4, 0.5) is 0 Å². The average Bonchev–Trinajstić information content (AvgIpc) is 2.78. The number of aromatic nitrogens is 1. The first kappa shape index (κ1) is 12.2. The molecule has 0 aliphatic carbocycles. The molecule has 92 valence electrons. The molecule has 1 fully saturated rings. The van der Waals surface area contributed by atoms with Crippen LogP contribution in [0.15, 0.2) is 18.5 Å². The summed E-state index contributed by atoms with van der Waals surface area (Å²) in [6.07, 6.45) is 3.36. The molecule has 2 rings (SSSR count). The van der Waals surface area contributed by atoms with Gasteiger partial charge in [0.2, 0.25) is 0 Å². The highest BCUT2D eigenvalue weighted by Gasteiger charge is 2.34. The van der Waals surface area contributed by atoms with Gasteiger partial charge in [-0.2, -0.15) is 0 Å². The zero-order valence-corrected chi connectivity index (χ0v) is 10.3. The number of aryl methyl sites for hydroxylation is 1. The predicted octanol–water partition coefficient (Wildman–Crippen LogP) is 1.20. The molecular weight excluding hydrogens is 216 g/mol. The van der Waals surface area contributed by atoms with Crippen molar-refractivity contribution < 1.29 is 9.53 Å². The monoisotopic (exact) mass is 234 g/mol. The molecule has 0 bridgehead atoms. The quantitative estimate of drug-likeness (QED) is 0.795. The Kier molecular flexibility index (Phi) is 3.86. The lowest BCUT2D eigenvalue weighted by Crippen LogP contribution is -2.39. The molecule has 2 atom stereocenters. The van der Waals surface area contributed by atoms with E-state index in [2.05, 4.69) is 10.3 Å². The zero-order valence-electron chi connectivity index (χ0n) is 10.3. The highest BCUT2D eigenvalue weighted by molar-refractivity contribution is 5.99. The molecule has 1 aromatic rings. The lowest BCUT2D eigenvalue weighted by molar-refractivity contribution is 0.0890. The Labute approximate surface area is 101 Å². The van der Waals surface area contributed by atoms with Crippen molar-refractivity contribution in [2.24, 2.45) is 5.92 Å². The predicted molar refractivity (Wildman–Crippen MR) is 65.1 cm³/mol. The normalized spacial score (nSPS) is 23.9. The molecule has 1 aliphatic heterocycles. The van der Waals surface area contributed by atoms with Gasteiger partial charge in [-0.25, -0.2) is 0 Å². The van der Waals surface area contributed by atoms with Gasteiger partial charge in [-0.1, -0.05) is 6.92 Å². The van der Waals surface area contributed by atoms with Crippen LogP contribution in [-0.2, 0) is 4.74 Å². The summed E-state index contributed by atoms with van der Waals surface area (Å²) in [7, 11) is 0. The van der Waals surface area contributed by atoms with Crippen molar-refractivity contribution in [2.45, 2.75) is 19.9 Å². The van der Waals surface area contributed by atoms with Gasteiger partial charge in [0.25, 0.3) is 0 Å². The highest BCUT2D eigenvalue weighted by atomic mass is 16.5. The van der Waals surface area contributed by atoms with Crippen molar-refractivity contribution in [1.29, 1.82) is 0 Å². The Morgan fingerprint density at radius 3 is 3.12 bits per heavy atom. The molecule has 17 heavy (non-hydrogen) atoms. The molecule has 1 saturated heterocycles. The van der Waals surface area contributed by atoms with Gasteiger partial charge in [0.15, 0.2) is 5.78 Å². The third kappa shape index (κ3) is 2.53. The summed E-state index contributed by atoms with van der Waals surface area (Å²) in [5.41, 5.74) is 1.69. The van der Waals surface area contributed by atoms with Crippen molar-refractivity contribution >= 4 is 5.78 Å². The minimum atomic E-state index is -0.0853. The Morgan fingerprint density at radius 1 is 1.59 bits per heavy atom. The van der Waals surface area contributed by atoms with Crippen LogP contribution in [0.2, 0.25) is 0 Å². The number of rotatable bonds is 4. The SMILES string of the molecule is CCNC1COCC1C(=O)c1cnccc1C. The molecule has 4 heteroatoms. The van der Waals surface area contributed by atoms with Gasteiger partial charge in [0.05, 0.1) is 19.1 Å². The van der Waals surface area contributed by atoms with E-state index in [-0.39, 0.29) is 17.7 Å². The molecule has 0 amide bonds. The van der Waals surface area contributed by atoms with Crippen LogP contribution in [0.3, 0.4) is 0 Å². The molecule has 1 aromatic heterocycles. The van der Waals surface area contributed by atoms with Gasteiger partial charge in [-0.05, 0) is 25.1 Å². The Bertz CT molecular complexity index is 406. The lowest BCUT2D eigenvalue weighted by atomic mass is 9.92. The third-order valence-corrected chi connectivity index (χ3v) is 3.19. The number of nitrogens with one attached hydrogen (secondary N) is 1. The number of nitrogens with zero attached hydrogens (tertiary/aromatic N) is 1. The van der Waals surface area contributed by atoms with Gasteiger partial charge >= 0.3 is 0 Å². The molecule has 4 nitrogen and oxygen atoms in total. The Balaban J connectivity index is 2.17. The maximum absolute atomic E-state index is 12.4. The van der Waals surface area contributed by atoms with Crippen LogP contribution in [-0.4, -0.2) is 36.6 Å². The minimum absolute atomic E-state index is 0.0853. The molecule has 0 radical (unpaired) electrons. The van der Waals surface area contributed by atoms with Crippen molar-refractivity contribution in [1.82, 2.24) is 10.3 Å². The summed E-state index contributed by atoms with van der Waals surface area (Å²) in [5.74, 6) is 0.0527. The largest absolute Gasteiger partial charge is 0.379 e. The van der Waals surface area contributed by atoms with Crippen LogP contribution in [0.1, 0.15) is 22.8 Å². The van der Waals surface area contributed by atoms with Gasteiger partial charge < -0.3 is 10.1 Å². The lowest BCUT2D eigenvalue weighted by Gasteiger charge is -2.17. The van der Waals surface area contributed by atoms with Crippen LogP contribution < -0.4 is 5.32 Å². The second-order valence-corrected chi connectivity index (χ2v) is 4.36. The van der Waals surface area contributed by atoms with E-state index in [1.807, 2.05) is 19.9 Å². The number of likely N-dealkylation sites (N-methyl/N-ethyl adjacent to an activating group) is 1. The number of hydrogen-bond donors (Lipinski definition) is 1. The first-order chi connectivity index (χ1) is 8.24. The summed E-state index contributed by atoms with van der Waals surface area (Å²) in [6.45, 7) is 5.94. The van der Waals surface area contributed by atoms with Crippen molar-refractivity contribution in [3.63, 3.8) is 0 Å². The van der Waals surface area contributed by atoms with E-state index in [1.165, 1.54) is 0 Å². The van der Waals surface area contributed by atoms with Gasteiger partial charge in [-0.3, -0.25) is 9.78 Å². The smallest absolute Gasteiger partial charge is 0.171 e. The van der Waals surface area contributed by atoms with Crippen LogP contribution >= 0.6 is 0 Å². The molecular formula is C13H18N2O2. The Hall–Kier alpha value is -1.26. The standard InChI is InChI=1S/C13H18N2O2/c1-3-15-12-8-17-7-11(12)13(16)10-6-14-5-4-9(10)2/h4-6,11-12,15H,3,7-8H2,1-2H3. The second-order valence-electron chi connectivity index (χ2n) is 4.36. The van der Waals surface area contributed by atoms with E-state index in [9.17, 15) is 4.79 Å². The second kappa shape index (κ2) is 5.38. The zero-order chi connectivity index (χ0) is 12.3. The van der Waals surface area contributed by atoms with Crippen LogP contribution in [0.5, 0.6) is 0 Å². The number of pyridine rings is 1. The third-order valence-electron chi connectivity index (χ3n) is 3.19. The fraction of sp³-hybridized carbons (Fsp3) is 0.538. The van der Waals surface area contributed by atoms with Crippen LogP contribution in [0.25, 0.3) is 0 Å². The van der Waals surface area contributed by atoms with E-state index in [4.69, 9.17) is 4.74 Å². The van der Waals surface area contributed by atoms with E-state index < -0.39 is 0 Å². The molecule has 0 aromatic carbocycles. The molecule has 1 aliphatic rings. The summed E-state index contributed by atoms with van der Waals surface area (Å²) < 4.78 is 5.40. The number of carbonyl (C=O) groups is 1. The highest BCUT2D eigenvalue weighted by Crippen LogP contribution is 2.20. The summed E-state index contributed by atoms with van der Waals surface area (Å²) >= 11 is 0. The number of ketones is 1. The number of carbonyl (C=O) groups excluding carboxylic acids is 1. The van der Waals surface area contributed by atoms with Gasteiger partial charge in [-0.15, -0.1) is 0 Å². The fourth-order valence-electron chi connectivity index (χ4n) is 2.20. The molecule has 2 heterocycles. The Morgan fingerprint density at radius 2 is 2.41 bits per heavy atom. The molecule has 0 saturated carbocycles. The molecule has 1 N–H and O–H groups in total. The maximum Gasteiger partial charge on any atom is 0.171 e. The summed E-state index contributed by atoms with van der Waals surface area (Å²) in [5, 5.41) is 3.30. The van der Waals surface area contributed by atoms with Crippen LogP contribution in [0, 0.1) is 12.8 Å². The topological polar surface area (TPSA) is 51.2 Å². The van der Waals surface area contributed by atoms with Crippen molar-refractivity contribution in [2.75, 3.05) is 19.8 Å².